The van der Waals surface area contributed by atoms with E-state index in [2.05, 4.69) is 17.4 Å². The number of anilines is 1. The molecule has 0 heterocycles. The number of hydrogen-bond acceptors (Lipinski definition) is 2. The van der Waals surface area contributed by atoms with Gasteiger partial charge in [-0.2, -0.15) is 0 Å². The van der Waals surface area contributed by atoms with Crippen molar-refractivity contribution in [3.63, 3.8) is 0 Å². The number of rotatable bonds is 4. The van der Waals surface area contributed by atoms with E-state index in [0.29, 0.717) is 22.4 Å². The zero-order valence-corrected chi connectivity index (χ0v) is 12.4. The van der Waals surface area contributed by atoms with Crippen molar-refractivity contribution in [1.29, 1.82) is 0 Å². The van der Waals surface area contributed by atoms with Gasteiger partial charge in [0.05, 0.1) is 12.1 Å². The van der Waals surface area contributed by atoms with Crippen LogP contribution in [0.4, 0.5) is 5.69 Å². The smallest absolute Gasteiger partial charge is 0.228 e. The molecular formula is C17H16ClNO2. The van der Waals surface area contributed by atoms with Crippen LogP contribution in [0.5, 0.6) is 5.75 Å². The second kappa shape index (κ2) is 5.78. The van der Waals surface area contributed by atoms with Crippen LogP contribution in [0.25, 0.3) is 0 Å². The molecule has 0 saturated heterocycles. The lowest BCUT2D eigenvalue weighted by molar-refractivity contribution is -0.117. The fraction of sp³-hybridized carbons (Fsp3) is 0.235. The maximum absolute atomic E-state index is 12.2. The number of carbonyl (C=O) groups excluding carboxylic acids is 1. The molecule has 4 heteroatoms. The number of carbonyl (C=O) groups is 1. The third-order valence-corrected chi connectivity index (χ3v) is 4.07. The number of ether oxygens (including phenoxy) is 1. The lowest BCUT2D eigenvalue weighted by atomic mass is 10.1. The molecule has 2 unspecified atom stereocenters. The summed E-state index contributed by atoms with van der Waals surface area (Å²) in [5.74, 6) is 1.03. The highest BCUT2D eigenvalue weighted by atomic mass is 35.5. The normalized spacial score (nSPS) is 19.9. The van der Waals surface area contributed by atoms with Gasteiger partial charge in [-0.15, -0.1) is 0 Å². The monoisotopic (exact) mass is 301 g/mol. The zero-order valence-electron chi connectivity index (χ0n) is 11.7. The van der Waals surface area contributed by atoms with Crippen LogP contribution >= 0.6 is 11.6 Å². The predicted molar refractivity (Wildman–Crippen MR) is 83.9 cm³/mol. The molecule has 1 saturated carbocycles. The van der Waals surface area contributed by atoms with E-state index < -0.39 is 0 Å². The van der Waals surface area contributed by atoms with Crippen molar-refractivity contribution < 1.29 is 9.53 Å². The molecule has 108 valence electrons. The second-order valence-corrected chi connectivity index (χ2v) is 5.61. The van der Waals surface area contributed by atoms with Gasteiger partial charge in [-0.3, -0.25) is 4.79 Å². The molecule has 1 N–H and O–H groups in total. The lowest BCUT2D eigenvalue weighted by Crippen LogP contribution is -2.14. The molecule has 0 aliphatic heterocycles. The van der Waals surface area contributed by atoms with Gasteiger partial charge >= 0.3 is 0 Å². The Bertz CT molecular complexity index is 657. The minimum Gasteiger partial charge on any atom is -0.495 e. The van der Waals surface area contributed by atoms with E-state index >= 15 is 0 Å². The first-order chi connectivity index (χ1) is 10.2. The summed E-state index contributed by atoms with van der Waals surface area (Å²) in [6.45, 7) is 0. The molecule has 2 atom stereocenters. The van der Waals surface area contributed by atoms with E-state index in [1.165, 1.54) is 5.56 Å². The fourth-order valence-electron chi connectivity index (χ4n) is 2.53. The Morgan fingerprint density at radius 2 is 2.00 bits per heavy atom. The molecular weight excluding hydrogens is 286 g/mol. The Kier molecular flexibility index (Phi) is 3.84. The molecule has 0 aromatic heterocycles. The van der Waals surface area contributed by atoms with Crippen molar-refractivity contribution in [2.24, 2.45) is 5.92 Å². The number of halogens is 1. The van der Waals surface area contributed by atoms with Gasteiger partial charge in [0.15, 0.2) is 0 Å². The van der Waals surface area contributed by atoms with E-state index in [1.54, 1.807) is 25.3 Å². The maximum Gasteiger partial charge on any atom is 0.228 e. The minimum atomic E-state index is 0.0464. The van der Waals surface area contributed by atoms with Gasteiger partial charge in [0, 0.05) is 11.6 Å². The quantitative estimate of drug-likeness (QED) is 0.923. The first kappa shape index (κ1) is 14.0. The van der Waals surface area contributed by atoms with Gasteiger partial charge in [-0.25, -0.2) is 0 Å². The molecule has 1 fully saturated rings. The summed E-state index contributed by atoms with van der Waals surface area (Å²) in [5.41, 5.74) is 1.93. The van der Waals surface area contributed by atoms with Crippen LogP contribution in [0.15, 0.2) is 48.5 Å². The van der Waals surface area contributed by atoms with E-state index in [1.807, 2.05) is 18.2 Å². The van der Waals surface area contributed by atoms with E-state index in [-0.39, 0.29) is 11.8 Å². The van der Waals surface area contributed by atoms with E-state index in [4.69, 9.17) is 16.3 Å². The van der Waals surface area contributed by atoms with Crippen LogP contribution in [-0.4, -0.2) is 13.0 Å². The molecule has 3 nitrogen and oxygen atoms in total. The van der Waals surface area contributed by atoms with Crippen LogP contribution in [0.2, 0.25) is 5.02 Å². The van der Waals surface area contributed by atoms with Crippen molar-refractivity contribution in [2.75, 3.05) is 12.4 Å². The van der Waals surface area contributed by atoms with Crippen molar-refractivity contribution in [3.8, 4) is 5.75 Å². The second-order valence-electron chi connectivity index (χ2n) is 5.20. The molecule has 1 aliphatic rings. The molecule has 0 bridgehead atoms. The number of methoxy groups -OCH3 is 1. The summed E-state index contributed by atoms with van der Waals surface area (Å²) in [5, 5.41) is 3.41. The van der Waals surface area contributed by atoms with Crippen LogP contribution in [0.3, 0.4) is 0 Å². The summed E-state index contributed by atoms with van der Waals surface area (Å²) in [6, 6.07) is 15.4. The Balaban J connectivity index is 1.64. The van der Waals surface area contributed by atoms with Gasteiger partial charge in [-0.05, 0) is 36.1 Å². The molecule has 1 amide bonds. The van der Waals surface area contributed by atoms with Crippen LogP contribution < -0.4 is 10.1 Å². The zero-order chi connectivity index (χ0) is 14.8. The van der Waals surface area contributed by atoms with E-state index in [0.717, 1.165) is 6.42 Å². The Hall–Kier alpha value is -2.00. The summed E-state index contributed by atoms with van der Waals surface area (Å²) in [4.78, 5) is 12.2. The van der Waals surface area contributed by atoms with Crippen molar-refractivity contribution in [1.82, 2.24) is 0 Å². The molecule has 0 radical (unpaired) electrons. The van der Waals surface area contributed by atoms with Crippen LogP contribution in [0, 0.1) is 5.92 Å². The first-order valence-corrected chi connectivity index (χ1v) is 7.26. The topological polar surface area (TPSA) is 38.3 Å². The Morgan fingerprint density at radius 1 is 1.24 bits per heavy atom. The summed E-state index contributed by atoms with van der Waals surface area (Å²) in [7, 11) is 1.56. The third kappa shape index (κ3) is 3.03. The highest BCUT2D eigenvalue weighted by molar-refractivity contribution is 6.32. The molecule has 1 aliphatic carbocycles. The summed E-state index contributed by atoms with van der Waals surface area (Å²) in [6.07, 6.45) is 0.903. The minimum absolute atomic E-state index is 0.0464. The highest BCUT2D eigenvalue weighted by Crippen LogP contribution is 2.47. The molecule has 2 aromatic carbocycles. The van der Waals surface area contributed by atoms with Crippen LogP contribution in [0.1, 0.15) is 17.9 Å². The van der Waals surface area contributed by atoms with Gasteiger partial charge < -0.3 is 10.1 Å². The van der Waals surface area contributed by atoms with Gasteiger partial charge in [-0.1, -0.05) is 41.9 Å². The number of benzene rings is 2. The Morgan fingerprint density at radius 3 is 2.67 bits per heavy atom. The average molecular weight is 302 g/mol. The number of amides is 1. The molecule has 2 aromatic rings. The average Bonchev–Trinajstić information content (AvgIpc) is 3.29. The molecule has 3 rings (SSSR count). The number of hydrogen-bond donors (Lipinski definition) is 1. The van der Waals surface area contributed by atoms with Gasteiger partial charge in [0.2, 0.25) is 5.91 Å². The maximum atomic E-state index is 12.2. The van der Waals surface area contributed by atoms with Crippen LogP contribution in [-0.2, 0) is 4.79 Å². The largest absolute Gasteiger partial charge is 0.495 e. The van der Waals surface area contributed by atoms with Crippen molar-refractivity contribution in [2.45, 2.75) is 12.3 Å². The Labute approximate surface area is 128 Å². The predicted octanol–water partition coefficient (Wildman–Crippen LogP) is 4.09. The standard InChI is InChI=1S/C17H16ClNO2/c1-21-16-8-7-12(9-15(16)18)19-17(20)14-10-13(14)11-5-3-2-4-6-11/h2-9,13-14H,10H2,1H3,(H,19,20). The van der Waals surface area contributed by atoms with Crippen molar-refractivity contribution >= 4 is 23.2 Å². The molecule has 21 heavy (non-hydrogen) atoms. The number of nitrogens with one attached hydrogen (secondary N) is 1. The van der Waals surface area contributed by atoms with Gasteiger partial charge in [0.1, 0.15) is 5.75 Å². The highest BCUT2D eigenvalue weighted by Gasteiger charge is 2.43. The molecule has 0 spiro atoms. The summed E-state index contributed by atoms with van der Waals surface area (Å²) < 4.78 is 5.09. The fourth-order valence-corrected chi connectivity index (χ4v) is 2.79. The lowest BCUT2D eigenvalue weighted by Gasteiger charge is -2.08. The van der Waals surface area contributed by atoms with Gasteiger partial charge in [0.25, 0.3) is 0 Å². The SMILES string of the molecule is COc1ccc(NC(=O)C2CC2c2ccccc2)cc1Cl. The van der Waals surface area contributed by atoms with Crippen molar-refractivity contribution in [3.05, 3.63) is 59.1 Å². The van der Waals surface area contributed by atoms with E-state index in [9.17, 15) is 4.79 Å². The summed E-state index contributed by atoms with van der Waals surface area (Å²) >= 11 is 6.06. The first-order valence-electron chi connectivity index (χ1n) is 6.88. The third-order valence-electron chi connectivity index (χ3n) is 3.77.